The monoisotopic (exact) mass is 632 g/mol. The quantitative estimate of drug-likeness (QED) is 0.347. The topological polar surface area (TPSA) is 143 Å². The van der Waals surface area contributed by atoms with Crippen LogP contribution in [0.15, 0.2) is 76.4 Å². The van der Waals surface area contributed by atoms with Crippen molar-refractivity contribution in [2.45, 2.75) is 54.8 Å². The summed E-state index contributed by atoms with van der Waals surface area (Å²) in [5.74, 6) is 0.598. The number of aromatic nitrogens is 3. The van der Waals surface area contributed by atoms with Crippen molar-refractivity contribution in [1.29, 1.82) is 0 Å². The van der Waals surface area contributed by atoms with Gasteiger partial charge in [-0.2, -0.15) is 9.40 Å². The number of nitrogens with one attached hydrogen (secondary N) is 1. The van der Waals surface area contributed by atoms with E-state index < -0.39 is 27.7 Å². The number of carbonyl (C=O) groups is 1. The standard InChI is InChI=1S/C32H36N6O6S/c1-36-19-24(18-33-36)23-7-8-30-29(15-23)43-14-11-32(34-31(40)28-16-25(39)20-38(28)45(30,41)42)9-12-37(13-10-32)21-26-17-27(35-44-26)22-5-3-2-4-6-22/h2-8,15,17-19,25,28,39H,9-14,16,20-21H2,1H3,(H,34,40)/t25-,28+/m1/s1. The number of aliphatic hydroxyl groups is 1. The number of fused-ring (bicyclic) bond motifs is 2. The number of rotatable bonds is 4. The van der Waals surface area contributed by atoms with Crippen LogP contribution in [0.3, 0.4) is 0 Å². The minimum atomic E-state index is -4.16. The van der Waals surface area contributed by atoms with E-state index in [0.29, 0.717) is 38.9 Å². The molecule has 3 aliphatic rings. The molecule has 2 saturated heterocycles. The van der Waals surface area contributed by atoms with Crippen LogP contribution in [0.2, 0.25) is 0 Å². The number of aryl methyl sites for hydroxylation is 1. The highest BCUT2D eigenvalue weighted by Crippen LogP contribution is 2.37. The largest absolute Gasteiger partial charge is 0.492 e. The molecule has 3 aliphatic heterocycles. The van der Waals surface area contributed by atoms with Gasteiger partial charge in [0.15, 0.2) is 5.76 Å². The molecule has 12 nitrogen and oxygen atoms in total. The predicted octanol–water partition coefficient (Wildman–Crippen LogP) is 2.80. The van der Waals surface area contributed by atoms with Crippen LogP contribution in [0, 0.1) is 0 Å². The second-order valence-electron chi connectivity index (χ2n) is 12.2. The average molecular weight is 633 g/mol. The van der Waals surface area contributed by atoms with Gasteiger partial charge in [0.05, 0.1) is 25.5 Å². The minimum Gasteiger partial charge on any atom is -0.492 e. The molecule has 2 aromatic carbocycles. The molecular weight excluding hydrogens is 596 g/mol. The maximum Gasteiger partial charge on any atom is 0.247 e. The molecule has 2 N–H and O–H groups in total. The number of likely N-dealkylation sites (tertiary alicyclic amines) is 1. The van der Waals surface area contributed by atoms with Gasteiger partial charge in [-0.3, -0.25) is 14.4 Å². The van der Waals surface area contributed by atoms with Gasteiger partial charge in [0.2, 0.25) is 15.9 Å². The van der Waals surface area contributed by atoms with Crippen LogP contribution in [0.1, 0.15) is 31.4 Å². The Bertz CT molecular complexity index is 1800. The molecule has 1 spiro atoms. The van der Waals surface area contributed by atoms with Gasteiger partial charge in [-0.15, -0.1) is 0 Å². The molecule has 236 valence electrons. The number of benzene rings is 2. The Hall–Kier alpha value is -4.04. The van der Waals surface area contributed by atoms with Crippen LogP contribution < -0.4 is 10.1 Å². The van der Waals surface area contributed by atoms with Gasteiger partial charge in [-0.1, -0.05) is 41.6 Å². The SMILES string of the molecule is Cn1cc(-c2ccc3c(c2)OCCC2(CCN(Cc4cc(-c5ccccc5)no4)CC2)NC(=O)[C@@H]2C[C@@H](O)CN2S3(=O)=O)cn1. The highest BCUT2D eigenvalue weighted by molar-refractivity contribution is 7.89. The third-order valence-corrected chi connectivity index (χ3v) is 11.1. The molecule has 45 heavy (non-hydrogen) atoms. The summed E-state index contributed by atoms with van der Waals surface area (Å²) in [5.41, 5.74) is 2.78. The lowest BCUT2D eigenvalue weighted by molar-refractivity contribution is -0.127. The Morgan fingerprint density at radius 2 is 1.84 bits per heavy atom. The third kappa shape index (κ3) is 5.88. The lowest BCUT2D eigenvalue weighted by Crippen LogP contribution is -2.59. The summed E-state index contributed by atoms with van der Waals surface area (Å²) < 4.78 is 42.6. The third-order valence-electron chi connectivity index (χ3n) is 9.15. The summed E-state index contributed by atoms with van der Waals surface area (Å²) in [7, 11) is -2.34. The summed E-state index contributed by atoms with van der Waals surface area (Å²) in [6.45, 7) is 2.03. The zero-order chi connectivity index (χ0) is 31.2. The van der Waals surface area contributed by atoms with E-state index in [0.717, 1.165) is 32.4 Å². The Labute approximate surface area is 261 Å². The molecular formula is C32H36N6O6S. The van der Waals surface area contributed by atoms with Crippen LogP contribution in [-0.4, -0.2) is 87.5 Å². The zero-order valence-corrected chi connectivity index (χ0v) is 25.8. The molecule has 0 bridgehead atoms. The summed E-state index contributed by atoms with van der Waals surface area (Å²) >= 11 is 0. The Kier molecular flexibility index (Phi) is 7.72. The van der Waals surface area contributed by atoms with Crippen molar-refractivity contribution in [3.05, 3.63) is 72.8 Å². The average Bonchev–Trinajstić information content (AvgIpc) is 3.78. The van der Waals surface area contributed by atoms with Crippen LogP contribution in [0.25, 0.3) is 22.4 Å². The van der Waals surface area contributed by atoms with Crippen molar-refractivity contribution < 1.29 is 27.6 Å². The first-order valence-corrected chi connectivity index (χ1v) is 16.6. The molecule has 2 aromatic heterocycles. The van der Waals surface area contributed by atoms with Crippen molar-refractivity contribution in [1.82, 2.24) is 29.5 Å². The smallest absolute Gasteiger partial charge is 0.247 e. The second kappa shape index (κ2) is 11.7. The fourth-order valence-corrected chi connectivity index (χ4v) is 8.38. The molecule has 1 amide bonds. The lowest BCUT2D eigenvalue weighted by Gasteiger charge is -2.42. The Morgan fingerprint density at radius 1 is 1.04 bits per heavy atom. The van der Waals surface area contributed by atoms with Crippen molar-refractivity contribution >= 4 is 15.9 Å². The minimum absolute atomic E-state index is 0.0188. The van der Waals surface area contributed by atoms with E-state index in [1.54, 1.807) is 23.0 Å². The Morgan fingerprint density at radius 3 is 2.60 bits per heavy atom. The number of hydrogen-bond acceptors (Lipinski definition) is 9. The zero-order valence-electron chi connectivity index (χ0n) is 25.0. The molecule has 0 radical (unpaired) electrons. The second-order valence-corrected chi connectivity index (χ2v) is 14.1. The number of amides is 1. The van der Waals surface area contributed by atoms with E-state index in [1.165, 1.54) is 6.07 Å². The van der Waals surface area contributed by atoms with E-state index in [4.69, 9.17) is 9.26 Å². The lowest BCUT2D eigenvalue weighted by atomic mass is 9.84. The summed E-state index contributed by atoms with van der Waals surface area (Å²) in [6, 6.07) is 15.8. The normalized spacial score (nSPS) is 23.5. The van der Waals surface area contributed by atoms with Gasteiger partial charge < -0.3 is 19.7 Å². The number of ether oxygens (including phenoxy) is 1. The van der Waals surface area contributed by atoms with Gasteiger partial charge in [0, 0.05) is 68.5 Å². The molecule has 2 fully saturated rings. The maximum absolute atomic E-state index is 14.0. The first-order valence-electron chi connectivity index (χ1n) is 15.2. The fourth-order valence-electron chi connectivity index (χ4n) is 6.63. The van der Waals surface area contributed by atoms with Crippen LogP contribution in [0.5, 0.6) is 5.75 Å². The van der Waals surface area contributed by atoms with Gasteiger partial charge >= 0.3 is 0 Å². The first kappa shape index (κ1) is 29.7. The number of sulfonamides is 1. The molecule has 5 heterocycles. The van der Waals surface area contributed by atoms with Gasteiger partial charge in [0.25, 0.3) is 0 Å². The van der Waals surface area contributed by atoms with Gasteiger partial charge in [-0.05, 0) is 30.5 Å². The fraction of sp³-hybridized carbons (Fsp3) is 0.406. The van der Waals surface area contributed by atoms with E-state index in [9.17, 15) is 18.3 Å². The van der Waals surface area contributed by atoms with E-state index in [2.05, 4.69) is 20.5 Å². The summed E-state index contributed by atoms with van der Waals surface area (Å²) in [5, 5.41) is 22.2. The molecule has 0 saturated carbocycles. The maximum atomic E-state index is 14.0. The van der Waals surface area contributed by atoms with Crippen molar-refractivity contribution in [2.75, 3.05) is 26.2 Å². The summed E-state index contributed by atoms with van der Waals surface area (Å²) in [4.78, 5) is 16.0. The molecule has 13 heteroatoms. The number of aliphatic hydroxyl groups excluding tert-OH is 1. The molecule has 7 rings (SSSR count). The first-order chi connectivity index (χ1) is 21.7. The van der Waals surface area contributed by atoms with E-state index >= 15 is 0 Å². The summed E-state index contributed by atoms with van der Waals surface area (Å²) in [6.07, 6.45) is 4.43. The number of piperidine rings is 1. The van der Waals surface area contributed by atoms with Crippen LogP contribution in [-0.2, 0) is 28.4 Å². The van der Waals surface area contributed by atoms with Crippen molar-refractivity contribution in [3.8, 4) is 28.1 Å². The van der Waals surface area contributed by atoms with Gasteiger partial charge in [0.1, 0.15) is 22.4 Å². The predicted molar refractivity (Wildman–Crippen MR) is 164 cm³/mol. The molecule has 2 atom stereocenters. The number of carbonyl (C=O) groups excluding carboxylic acids is 1. The highest BCUT2D eigenvalue weighted by Gasteiger charge is 2.47. The van der Waals surface area contributed by atoms with Crippen LogP contribution in [0.4, 0.5) is 0 Å². The Balaban J connectivity index is 1.13. The number of nitrogens with zero attached hydrogens (tertiary/aromatic N) is 5. The van der Waals surface area contributed by atoms with Crippen molar-refractivity contribution in [3.63, 3.8) is 0 Å². The van der Waals surface area contributed by atoms with Crippen LogP contribution >= 0.6 is 0 Å². The van der Waals surface area contributed by atoms with Crippen molar-refractivity contribution in [2.24, 2.45) is 7.05 Å². The molecule has 0 unspecified atom stereocenters. The molecule has 0 aliphatic carbocycles. The van der Waals surface area contributed by atoms with E-state index in [1.807, 2.05) is 49.6 Å². The van der Waals surface area contributed by atoms with Gasteiger partial charge in [-0.25, -0.2) is 8.42 Å². The number of hydrogen-bond donors (Lipinski definition) is 2. The highest BCUT2D eigenvalue weighted by atomic mass is 32.2. The molecule has 4 aromatic rings. The van der Waals surface area contributed by atoms with E-state index in [-0.39, 0.29) is 36.1 Å².